The lowest BCUT2D eigenvalue weighted by Gasteiger charge is -2.26. The molecule has 0 aliphatic carbocycles. The number of alkyl carbamates (subject to hydrolysis) is 1. The first kappa shape index (κ1) is 39.0. The van der Waals surface area contributed by atoms with Crippen molar-refractivity contribution < 1.29 is 47.9 Å². The number of amides is 1. The third-order valence-electron chi connectivity index (χ3n) is 9.60. The van der Waals surface area contributed by atoms with Crippen molar-refractivity contribution in [3.05, 3.63) is 132 Å². The summed E-state index contributed by atoms with van der Waals surface area (Å²) < 4.78 is 42.2. The fraction of sp³-hybridized carbons (Fsp3) is 0.261. The summed E-state index contributed by atoms with van der Waals surface area (Å²) >= 11 is 0. The van der Waals surface area contributed by atoms with Gasteiger partial charge < -0.3 is 43.6 Å². The number of rotatable bonds is 6. The van der Waals surface area contributed by atoms with Gasteiger partial charge in [-0.15, -0.1) is 0 Å². The van der Waals surface area contributed by atoms with Gasteiger partial charge in [-0.1, -0.05) is 97.1 Å². The Labute approximate surface area is 331 Å². The zero-order valence-corrected chi connectivity index (χ0v) is 31.7. The van der Waals surface area contributed by atoms with Crippen molar-refractivity contribution >= 4 is 33.6 Å². The molecule has 1 aliphatic rings. The van der Waals surface area contributed by atoms with Crippen molar-refractivity contribution in [2.75, 3.05) is 52.9 Å². The number of carbonyl (C=O) groups is 2. The Hall–Kier alpha value is -6.30. The maximum Gasteiger partial charge on any atom is 0.408 e. The number of benzene rings is 6. The summed E-state index contributed by atoms with van der Waals surface area (Å²) in [6.07, 6.45) is -0.890. The first-order valence-electron chi connectivity index (χ1n) is 18.9. The second kappa shape index (κ2) is 18.6. The largest absolute Gasteiger partial charge is 0.491 e. The van der Waals surface area contributed by atoms with Gasteiger partial charge in [0.1, 0.15) is 50.1 Å². The molecule has 0 bridgehead atoms. The van der Waals surface area contributed by atoms with Gasteiger partial charge >= 0.3 is 12.1 Å². The molecule has 294 valence electrons. The molecule has 0 radical (unpaired) electrons. The minimum Gasteiger partial charge on any atom is -0.491 e. The number of aliphatic carboxylic acids is 1. The zero-order valence-electron chi connectivity index (χ0n) is 31.7. The van der Waals surface area contributed by atoms with E-state index in [-0.39, 0.29) is 39.5 Å². The Kier molecular flexibility index (Phi) is 12.7. The monoisotopic (exact) mass is 771 g/mol. The van der Waals surface area contributed by atoms with Crippen LogP contribution in [0.5, 0.6) is 23.0 Å². The molecule has 1 heterocycles. The maximum atomic E-state index is 12.7. The van der Waals surface area contributed by atoms with E-state index >= 15 is 0 Å². The molecule has 1 atom stereocenters. The van der Waals surface area contributed by atoms with Gasteiger partial charge in [0.05, 0.1) is 26.4 Å². The molecule has 7 rings (SSSR count). The topological polar surface area (TPSA) is 131 Å². The molecule has 11 heteroatoms. The van der Waals surface area contributed by atoms with E-state index in [4.69, 9.17) is 33.2 Å². The van der Waals surface area contributed by atoms with Gasteiger partial charge in [-0.2, -0.15) is 0 Å². The highest BCUT2D eigenvalue weighted by atomic mass is 16.6. The van der Waals surface area contributed by atoms with Crippen LogP contribution in [0, 0.1) is 0 Å². The van der Waals surface area contributed by atoms with Gasteiger partial charge in [-0.25, -0.2) is 9.59 Å². The second-order valence-electron chi connectivity index (χ2n) is 13.7. The van der Waals surface area contributed by atoms with Gasteiger partial charge in [0.15, 0.2) is 11.5 Å². The Morgan fingerprint density at radius 2 is 1.07 bits per heavy atom. The SMILES string of the molecule is C[C@@](Cc1ccc2c(c1)OCCOCCOc1ccc3ccccc3c1-c1c(ccc3ccccc13)OCCOCCO2)(NC(=O)OCc1ccccc1)C(=O)O. The number of hydrogen-bond acceptors (Lipinski definition) is 9. The predicted molar refractivity (Wildman–Crippen MR) is 216 cm³/mol. The Morgan fingerprint density at radius 1 is 0.579 bits per heavy atom. The fourth-order valence-corrected chi connectivity index (χ4v) is 6.77. The molecule has 0 fully saturated rings. The van der Waals surface area contributed by atoms with Crippen LogP contribution in [0.15, 0.2) is 121 Å². The lowest BCUT2D eigenvalue weighted by Crippen LogP contribution is -2.53. The number of carboxylic acid groups (broad SMARTS) is 1. The van der Waals surface area contributed by atoms with Crippen LogP contribution in [0.4, 0.5) is 4.79 Å². The minimum atomic E-state index is -1.67. The number of hydrogen-bond donors (Lipinski definition) is 2. The van der Waals surface area contributed by atoms with E-state index in [1.165, 1.54) is 6.92 Å². The molecule has 0 spiro atoms. The average Bonchev–Trinajstić information content (AvgIpc) is 3.22. The van der Waals surface area contributed by atoms with Crippen molar-refractivity contribution in [3.8, 4) is 34.1 Å². The average molecular weight is 772 g/mol. The first-order valence-corrected chi connectivity index (χ1v) is 18.9. The molecule has 1 aliphatic heterocycles. The predicted octanol–water partition coefficient (Wildman–Crippen LogP) is 8.23. The minimum absolute atomic E-state index is 0.00713. The number of nitrogens with one attached hydrogen (secondary N) is 1. The van der Waals surface area contributed by atoms with Crippen molar-refractivity contribution in [2.45, 2.75) is 25.5 Å². The third kappa shape index (κ3) is 9.75. The highest BCUT2D eigenvalue weighted by Crippen LogP contribution is 2.45. The fourth-order valence-electron chi connectivity index (χ4n) is 6.77. The van der Waals surface area contributed by atoms with E-state index in [0.29, 0.717) is 49.2 Å². The van der Waals surface area contributed by atoms with E-state index in [1.54, 1.807) is 18.2 Å². The molecular formula is C46H45NO10. The van der Waals surface area contributed by atoms with Gasteiger partial charge in [-0.3, -0.25) is 0 Å². The maximum absolute atomic E-state index is 12.7. The molecule has 1 amide bonds. The van der Waals surface area contributed by atoms with Crippen LogP contribution in [0.25, 0.3) is 32.7 Å². The quantitative estimate of drug-likeness (QED) is 0.171. The zero-order chi connectivity index (χ0) is 39.5. The first-order chi connectivity index (χ1) is 27.9. The highest BCUT2D eigenvalue weighted by molar-refractivity contribution is 6.09. The van der Waals surface area contributed by atoms with Gasteiger partial charge in [-0.05, 0) is 63.9 Å². The van der Waals surface area contributed by atoms with Gasteiger partial charge in [0.25, 0.3) is 0 Å². The molecular weight excluding hydrogens is 727 g/mol. The van der Waals surface area contributed by atoms with Crippen LogP contribution in [0.1, 0.15) is 18.1 Å². The number of carboxylic acids is 1. The molecule has 0 unspecified atom stereocenters. The van der Waals surface area contributed by atoms with Crippen LogP contribution >= 0.6 is 0 Å². The number of ether oxygens (including phenoxy) is 7. The summed E-state index contributed by atoms with van der Waals surface area (Å²) in [4.78, 5) is 25.1. The van der Waals surface area contributed by atoms with Crippen molar-refractivity contribution in [1.82, 2.24) is 5.32 Å². The van der Waals surface area contributed by atoms with E-state index in [2.05, 4.69) is 41.7 Å². The summed E-state index contributed by atoms with van der Waals surface area (Å²) in [5.41, 5.74) is 1.60. The molecule has 57 heavy (non-hydrogen) atoms. The number of fused-ring (bicyclic) bond motifs is 8. The second-order valence-corrected chi connectivity index (χ2v) is 13.7. The summed E-state index contributed by atoms with van der Waals surface area (Å²) in [6.45, 7) is 3.61. The van der Waals surface area contributed by atoms with Crippen molar-refractivity contribution in [3.63, 3.8) is 0 Å². The van der Waals surface area contributed by atoms with Crippen LogP contribution < -0.4 is 24.3 Å². The highest BCUT2D eigenvalue weighted by Gasteiger charge is 2.36. The summed E-state index contributed by atoms with van der Waals surface area (Å²) in [5.74, 6) is 1.07. The normalized spacial score (nSPS) is 15.1. The molecule has 2 N–H and O–H groups in total. The smallest absolute Gasteiger partial charge is 0.408 e. The van der Waals surface area contributed by atoms with E-state index < -0.39 is 17.6 Å². The van der Waals surface area contributed by atoms with E-state index in [1.807, 2.05) is 66.7 Å². The van der Waals surface area contributed by atoms with Crippen molar-refractivity contribution in [1.29, 1.82) is 0 Å². The Bertz CT molecular complexity index is 2310. The van der Waals surface area contributed by atoms with Crippen LogP contribution in [0.2, 0.25) is 0 Å². The summed E-state index contributed by atoms with van der Waals surface area (Å²) in [6, 6.07) is 38.9. The lowest BCUT2D eigenvalue weighted by molar-refractivity contribution is -0.143. The standard InChI is InChI=1S/C46H45NO10/c1-46(44(48)49,47-45(50)57-31-32-9-3-2-4-10-32)30-33-15-18-38-41(29-33)56-28-24-52-23-27-55-40-20-17-35-12-6-8-14-37(35)43(40)42-36-13-7-5-11-34(36)16-19-39(42)54-26-22-51-21-25-53-38/h2-20,29H,21-28,30-31H2,1H3,(H,47,50)(H,48,49)/t46-/m0/s1. The lowest BCUT2D eigenvalue weighted by atomic mass is 9.92. The summed E-state index contributed by atoms with van der Waals surface area (Å²) in [5, 5.41) is 16.9. The Morgan fingerprint density at radius 3 is 1.63 bits per heavy atom. The van der Waals surface area contributed by atoms with E-state index in [0.717, 1.165) is 44.0 Å². The van der Waals surface area contributed by atoms with Crippen LogP contribution in [0.3, 0.4) is 0 Å². The van der Waals surface area contributed by atoms with E-state index in [9.17, 15) is 14.7 Å². The van der Waals surface area contributed by atoms with Crippen molar-refractivity contribution in [2.24, 2.45) is 0 Å². The van der Waals surface area contributed by atoms with Gasteiger partial charge in [0.2, 0.25) is 0 Å². The number of carbonyl (C=O) groups excluding carboxylic acids is 1. The third-order valence-corrected chi connectivity index (χ3v) is 9.60. The summed E-state index contributed by atoms with van der Waals surface area (Å²) in [7, 11) is 0. The Balaban J connectivity index is 1.07. The molecule has 6 aromatic carbocycles. The molecule has 0 saturated heterocycles. The molecule has 11 nitrogen and oxygen atoms in total. The van der Waals surface area contributed by atoms with Gasteiger partial charge in [0, 0.05) is 17.5 Å². The molecule has 0 saturated carbocycles. The molecule has 0 aromatic heterocycles. The van der Waals surface area contributed by atoms with Crippen LogP contribution in [-0.2, 0) is 32.0 Å². The van der Waals surface area contributed by atoms with Crippen LogP contribution in [-0.4, -0.2) is 75.6 Å². The molecule has 6 aromatic rings.